The van der Waals surface area contributed by atoms with Crippen LogP contribution in [0.3, 0.4) is 0 Å². The molecule has 0 saturated carbocycles. The first-order chi connectivity index (χ1) is 10.6. The average molecular weight is 346 g/mol. The maximum atomic E-state index is 12.3. The van der Waals surface area contributed by atoms with E-state index in [2.05, 4.69) is 0 Å². The molecule has 3 saturated heterocycles. The van der Waals surface area contributed by atoms with Crippen molar-refractivity contribution in [1.29, 1.82) is 0 Å². The van der Waals surface area contributed by atoms with E-state index in [0.29, 0.717) is 5.75 Å². The summed E-state index contributed by atoms with van der Waals surface area (Å²) in [6, 6.07) is 0. The van der Waals surface area contributed by atoms with Crippen LogP contribution in [0.25, 0.3) is 0 Å². The molecule has 0 aromatic rings. The van der Waals surface area contributed by atoms with Crippen molar-refractivity contribution < 1.29 is 33.3 Å². The van der Waals surface area contributed by atoms with Gasteiger partial charge in [0.25, 0.3) is 0 Å². The van der Waals surface area contributed by atoms with E-state index in [4.69, 9.17) is 23.7 Å². The summed E-state index contributed by atoms with van der Waals surface area (Å²) in [5, 5.41) is -0.348. The van der Waals surface area contributed by atoms with Crippen LogP contribution >= 0.6 is 11.8 Å². The lowest BCUT2D eigenvalue weighted by atomic mass is 9.97. The Morgan fingerprint density at radius 2 is 1.96 bits per heavy atom. The topological polar surface area (TPSA) is 80.3 Å². The molecule has 130 valence electrons. The van der Waals surface area contributed by atoms with Gasteiger partial charge in [-0.25, -0.2) is 4.79 Å². The zero-order chi connectivity index (χ0) is 17.0. The van der Waals surface area contributed by atoms with Gasteiger partial charge in [0, 0.05) is 5.75 Å². The highest BCUT2D eigenvalue weighted by molar-refractivity contribution is 8.13. The van der Waals surface area contributed by atoms with Crippen LogP contribution in [-0.2, 0) is 28.5 Å². The summed E-state index contributed by atoms with van der Waals surface area (Å²) in [5.74, 6) is -0.717. The summed E-state index contributed by atoms with van der Waals surface area (Å²) >= 11 is 1.08. The summed E-state index contributed by atoms with van der Waals surface area (Å²) in [6.45, 7) is 8.88. The normalized spacial score (nSPS) is 39.2. The minimum absolute atomic E-state index is 0.348. The van der Waals surface area contributed by atoms with E-state index in [1.54, 1.807) is 34.6 Å². The summed E-state index contributed by atoms with van der Waals surface area (Å²) in [5.41, 5.74) is -0.654. The number of rotatable bonds is 2. The number of hydrogen-bond acceptors (Lipinski definition) is 8. The van der Waals surface area contributed by atoms with Crippen molar-refractivity contribution >= 4 is 23.0 Å². The first kappa shape index (κ1) is 17.0. The number of fused-ring (bicyclic) bond motifs is 1. The molecule has 0 aliphatic carbocycles. The largest absolute Gasteiger partial charge is 0.456 e. The molecule has 8 heteroatoms. The number of hydrogen-bond donors (Lipinski definition) is 0. The molecule has 3 fully saturated rings. The molecule has 5 atom stereocenters. The third-order valence-electron chi connectivity index (χ3n) is 3.86. The third-order valence-corrected chi connectivity index (χ3v) is 4.69. The highest BCUT2D eigenvalue weighted by Crippen LogP contribution is 2.42. The number of cyclic esters (lactones) is 1. The molecular formula is C15H22O7S. The smallest absolute Gasteiger partial charge is 0.367 e. The Morgan fingerprint density at radius 1 is 1.26 bits per heavy atom. The number of ether oxygens (including phenoxy) is 5. The monoisotopic (exact) mass is 346 g/mol. The molecule has 0 aromatic heterocycles. The van der Waals surface area contributed by atoms with Gasteiger partial charge < -0.3 is 23.7 Å². The van der Waals surface area contributed by atoms with E-state index in [9.17, 15) is 9.59 Å². The van der Waals surface area contributed by atoms with Crippen molar-refractivity contribution in [3.05, 3.63) is 0 Å². The van der Waals surface area contributed by atoms with Crippen LogP contribution in [0.15, 0.2) is 0 Å². The molecule has 7 nitrogen and oxygen atoms in total. The zero-order valence-electron chi connectivity index (χ0n) is 13.9. The van der Waals surface area contributed by atoms with Crippen molar-refractivity contribution in [3.8, 4) is 0 Å². The van der Waals surface area contributed by atoms with Gasteiger partial charge in [-0.1, -0.05) is 0 Å². The number of carbonyl (C=O) groups is 2. The van der Waals surface area contributed by atoms with Gasteiger partial charge in [-0.15, -0.1) is 0 Å². The maximum absolute atomic E-state index is 12.3. The second-order valence-corrected chi connectivity index (χ2v) is 8.36. The van der Waals surface area contributed by atoms with Crippen LogP contribution < -0.4 is 0 Å². The molecule has 23 heavy (non-hydrogen) atoms. The van der Waals surface area contributed by atoms with Gasteiger partial charge in [0.2, 0.25) is 0 Å². The first-order valence-corrected chi connectivity index (χ1v) is 8.61. The van der Waals surface area contributed by atoms with Gasteiger partial charge >= 0.3 is 11.3 Å². The van der Waals surface area contributed by atoms with Crippen molar-refractivity contribution in [3.63, 3.8) is 0 Å². The molecule has 0 spiro atoms. The lowest BCUT2D eigenvalue weighted by Crippen LogP contribution is -2.46. The van der Waals surface area contributed by atoms with Gasteiger partial charge in [-0.05, 0) is 46.4 Å². The predicted molar refractivity (Wildman–Crippen MR) is 80.8 cm³/mol. The lowest BCUT2D eigenvalue weighted by Gasteiger charge is -2.29. The van der Waals surface area contributed by atoms with Crippen LogP contribution in [-0.4, -0.2) is 53.5 Å². The maximum Gasteiger partial charge on any atom is 0.367 e. The Hall–Kier alpha value is -0.830. The molecule has 0 unspecified atom stereocenters. The molecule has 0 bridgehead atoms. The van der Waals surface area contributed by atoms with Crippen molar-refractivity contribution in [1.82, 2.24) is 0 Å². The highest BCUT2D eigenvalue weighted by atomic mass is 32.2. The van der Waals surface area contributed by atoms with E-state index in [1.807, 2.05) is 0 Å². The molecule has 0 aromatic carbocycles. The number of esters is 1. The molecule has 3 rings (SSSR count). The average Bonchev–Trinajstić information content (AvgIpc) is 3.02. The predicted octanol–water partition coefficient (Wildman–Crippen LogP) is 2.07. The Morgan fingerprint density at radius 3 is 2.52 bits per heavy atom. The van der Waals surface area contributed by atoms with Gasteiger partial charge in [-0.2, -0.15) is 0 Å². The van der Waals surface area contributed by atoms with Crippen molar-refractivity contribution in [2.45, 2.75) is 71.1 Å². The van der Waals surface area contributed by atoms with Gasteiger partial charge in [-0.3, -0.25) is 4.79 Å². The first-order valence-electron chi connectivity index (χ1n) is 7.62. The van der Waals surface area contributed by atoms with E-state index in [0.717, 1.165) is 11.8 Å². The Labute approximate surface area is 139 Å². The number of thioether (sulfide) groups is 1. The van der Waals surface area contributed by atoms with Gasteiger partial charge in [0.1, 0.15) is 12.2 Å². The van der Waals surface area contributed by atoms with Gasteiger partial charge in [0.15, 0.2) is 24.3 Å². The zero-order valence-corrected chi connectivity index (χ0v) is 14.7. The van der Waals surface area contributed by atoms with E-state index >= 15 is 0 Å². The van der Waals surface area contributed by atoms with E-state index in [-0.39, 0.29) is 11.3 Å². The van der Waals surface area contributed by atoms with Crippen LogP contribution in [0.2, 0.25) is 0 Å². The van der Waals surface area contributed by atoms with Crippen LogP contribution in [0.4, 0.5) is 4.79 Å². The van der Waals surface area contributed by atoms with Crippen LogP contribution in [0.1, 0.15) is 34.6 Å². The van der Waals surface area contributed by atoms with Gasteiger partial charge in [0.05, 0.1) is 5.41 Å². The second-order valence-electron chi connectivity index (χ2n) is 7.41. The third kappa shape index (κ3) is 3.35. The molecular weight excluding hydrogens is 324 g/mol. The fourth-order valence-electron chi connectivity index (χ4n) is 2.74. The van der Waals surface area contributed by atoms with Crippen LogP contribution in [0, 0.1) is 5.41 Å². The van der Waals surface area contributed by atoms with Crippen molar-refractivity contribution in [2.75, 3.05) is 5.75 Å². The Balaban J connectivity index is 1.79. The molecule has 0 N–H and O–H groups in total. The molecule has 0 radical (unpaired) electrons. The van der Waals surface area contributed by atoms with E-state index < -0.39 is 41.9 Å². The Bertz CT molecular complexity index is 512. The molecule has 0 amide bonds. The van der Waals surface area contributed by atoms with E-state index in [1.165, 1.54) is 0 Å². The fourth-order valence-corrected chi connectivity index (χ4v) is 3.49. The summed E-state index contributed by atoms with van der Waals surface area (Å²) in [4.78, 5) is 23.7. The van der Waals surface area contributed by atoms with Crippen LogP contribution in [0.5, 0.6) is 0 Å². The quantitative estimate of drug-likeness (QED) is 0.703. The second kappa shape index (κ2) is 5.61. The fraction of sp³-hybridized carbons (Fsp3) is 0.867. The minimum Gasteiger partial charge on any atom is -0.456 e. The van der Waals surface area contributed by atoms with Crippen molar-refractivity contribution in [2.24, 2.45) is 5.41 Å². The Kier molecular flexibility index (Phi) is 4.15. The lowest BCUT2D eigenvalue weighted by molar-refractivity contribution is -0.228. The summed E-state index contributed by atoms with van der Waals surface area (Å²) in [6.07, 6.45) is -2.93. The molecule has 3 aliphatic rings. The molecule has 3 heterocycles. The minimum atomic E-state index is -0.812. The summed E-state index contributed by atoms with van der Waals surface area (Å²) < 4.78 is 28.3. The highest BCUT2D eigenvalue weighted by Gasteiger charge is 2.60. The SMILES string of the molecule is CC1(C)O[C@H]2O[C@H]([C@H]3CSC(=O)O3)[C@H](OC(=O)C(C)(C)C)[C@H]2O1. The number of carbonyl (C=O) groups excluding carboxylic acids is 2. The standard InChI is InChI=1S/C15H22O7S/c1-14(2,3)12(16)20-9-8(7-6-23-13(17)18-7)19-11-10(9)21-15(4,5)22-11/h7-11H,6H2,1-5H3/t7-,8-,9+,10-,11-/m1/s1. The summed E-state index contributed by atoms with van der Waals surface area (Å²) in [7, 11) is 0. The molecule has 3 aliphatic heterocycles.